The van der Waals surface area contributed by atoms with Gasteiger partial charge in [-0.15, -0.1) is 0 Å². The molecule has 1 saturated heterocycles. The Morgan fingerprint density at radius 2 is 1.82 bits per heavy atom. The van der Waals surface area contributed by atoms with Crippen molar-refractivity contribution in [1.82, 2.24) is 14.9 Å². The maximum atomic E-state index is 13.5. The first-order valence-corrected chi connectivity index (χ1v) is 11.7. The minimum absolute atomic E-state index is 0. The molecule has 11 heteroatoms. The lowest BCUT2D eigenvalue weighted by Gasteiger charge is -2.36. The van der Waals surface area contributed by atoms with Crippen molar-refractivity contribution in [2.24, 2.45) is 0 Å². The Balaban J connectivity index is 0.00000324. The average molecular weight is 474 g/mol. The van der Waals surface area contributed by atoms with E-state index in [9.17, 15) is 22.7 Å². The Bertz CT molecular complexity index is 1240. The number of phenolic OH excluding ortho intramolecular Hbond substituents is 1. The third-order valence-corrected chi connectivity index (χ3v) is 6.70. The first kappa shape index (κ1) is 22.5. The van der Waals surface area contributed by atoms with Gasteiger partial charge in [-0.05, 0) is 48.0 Å². The van der Waals surface area contributed by atoms with Gasteiger partial charge in [0.25, 0.3) is 10.0 Å². The fourth-order valence-electron chi connectivity index (χ4n) is 3.54. The zero-order valence-electron chi connectivity index (χ0n) is 17.6. The molecule has 2 heterocycles. The summed E-state index contributed by atoms with van der Waals surface area (Å²) in [6.45, 7) is 2.16. The lowest BCUT2D eigenvalue weighted by molar-refractivity contribution is -0.130. The first-order valence-electron chi connectivity index (χ1n) is 10.2. The fraction of sp³-hybridized carbons (Fsp3) is 0.227. The van der Waals surface area contributed by atoms with Crippen molar-refractivity contribution in [3.8, 4) is 5.75 Å². The molecule has 0 spiro atoms. The molecular weight excluding hydrogens is 449 g/mol. The summed E-state index contributed by atoms with van der Waals surface area (Å²) in [5.41, 5.74) is 1.36. The van der Waals surface area contributed by atoms with E-state index in [1.54, 1.807) is 17.0 Å². The normalized spacial score (nSPS) is 14.2. The lowest BCUT2D eigenvalue weighted by atomic mass is 10.1. The van der Waals surface area contributed by atoms with Crippen molar-refractivity contribution >= 4 is 27.4 Å². The highest BCUT2D eigenvalue weighted by molar-refractivity contribution is 7.92. The fourth-order valence-corrected chi connectivity index (χ4v) is 4.55. The van der Waals surface area contributed by atoms with Gasteiger partial charge in [-0.3, -0.25) is 9.52 Å². The molecule has 1 aliphatic rings. The number of nitrogens with one attached hydrogen (secondary N) is 1. The number of aromatic hydroxyl groups is 1. The van der Waals surface area contributed by atoms with Crippen molar-refractivity contribution in [2.45, 2.75) is 11.3 Å². The number of amides is 1. The van der Waals surface area contributed by atoms with Crippen LogP contribution in [-0.2, 0) is 21.2 Å². The molecule has 1 aliphatic heterocycles. The number of benzene rings is 2. The quantitative estimate of drug-likeness (QED) is 0.564. The van der Waals surface area contributed by atoms with Gasteiger partial charge in [0.05, 0.1) is 11.3 Å². The highest BCUT2D eigenvalue weighted by Crippen LogP contribution is 2.22. The molecule has 0 aliphatic carbocycles. The van der Waals surface area contributed by atoms with Crippen LogP contribution >= 0.6 is 0 Å². The molecule has 4 rings (SSSR count). The second kappa shape index (κ2) is 9.41. The largest absolute Gasteiger partial charge is 0.505 e. The molecule has 174 valence electrons. The number of carbonyl (C=O) groups is 1. The second-order valence-electron chi connectivity index (χ2n) is 7.52. The number of anilines is 2. The van der Waals surface area contributed by atoms with Crippen LogP contribution in [0.15, 0.2) is 66.0 Å². The van der Waals surface area contributed by atoms with Crippen molar-refractivity contribution in [3.63, 3.8) is 0 Å². The van der Waals surface area contributed by atoms with E-state index in [1.807, 2.05) is 0 Å². The van der Waals surface area contributed by atoms with Crippen LogP contribution in [0.25, 0.3) is 0 Å². The van der Waals surface area contributed by atoms with Crippen LogP contribution in [0, 0.1) is 5.82 Å². The Morgan fingerprint density at radius 3 is 2.45 bits per heavy atom. The molecule has 9 nitrogen and oxygen atoms in total. The lowest BCUT2D eigenvalue weighted by Crippen LogP contribution is -2.49. The van der Waals surface area contributed by atoms with Crippen LogP contribution < -0.4 is 9.62 Å². The van der Waals surface area contributed by atoms with Crippen LogP contribution in [0.5, 0.6) is 5.75 Å². The molecule has 0 bridgehead atoms. The minimum Gasteiger partial charge on any atom is -0.505 e. The molecule has 0 unspecified atom stereocenters. The summed E-state index contributed by atoms with van der Waals surface area (Å²) >= 11 is 0. The predicted octanol–water partition coefficient (Wildman–Crippen LogP) is 2.26. The molecular formula is C22H24FN5O4S. The van der Waals surface area contributed by atoms with Gasteiger partial charge in [0, 0.05) is 39.5 Å². The molecule has 2 aromatic carbocycles. The van der Waals surface area contributed by atoms with Gasteiger partial charge >= 0.3 is 0 Å². The summed E-state index contributed by atoms with van der Waals surface area (Å²) in [4.78, 5) is 24.1. The Hall–Kier alpha value is -3.73. The minimum atomic E-state index is -3.77. The highest BCUT2D eigenvalue weighted by Gasteiger charge is 2.22. The van der Waals surface area contributed by atoms with Gasteiger partial charge in [0.15, 0.2) is 11.6 Å². The second-order valence-corrected chi connectivity index (χ2v) is 9.21. The number of hydrogen-bond acceptors (Lipinski definition) is 7. The summed E-state index contributed by atoms with van der Waals surface area (Å²) in [6.07, 6.45) is 2.76. The number of sulfonamides is 1. The summed E-state index contributed by atoms with van der Waals surface area (Å²) in [5, 5.41) is 9.27. The predicted molar refractivity (Wildman–Crippen MR) is 122 cm³/mol. The maximum absolute atomic E-state index is 13.5. The van der Waals surface area contributed by atoms with E-state index in [0.717, 1.165) is 5.69 Å². The number of nitrogens with zero attached hydrogens (tertiary/aromatic N) is 4. The van der Waals surface area contributed by atoms with E-state index >= 15 is 0 Å². The van der Waals surface area contributed by atoms with Crippen LogP contribution in [0.1, 0.15) is 6.99 Å². The molecule has 1 aromatic heterocycles. The maximum Gasteiger partial charge on any atom is 0.263 e. The number of piperazine rings is 1. The van der Waals surface area contributed by atoms with E-state index in [4.69, 9.17) is 0 Å². The topological polar surface area (TPSA) is 116 Å². The third-order valence-electron chi connectivity index (χ3n) is 5.33. The van der Waals surface area contributed by atoms with Crippen LogP contribution in [0.2, 0.25) is 0 Å². The van der Waals surface area contributed by atoms with Gasteiger partial charge in [0.1, 0.15) is 12.1 Å². The van der Waals surface area contributed by atoms with Crippen molar-refractivity contribution in [1.29, 1.82) is 0 Å². The summed E-state index contributed by atoms with van der Waals surface area (Å²) in [7, 11) is -3.77. The third kappa shape index (κ3) is 5.37. The molecule has 1 fully saturated rings. The number of rotatable bonds is 6. The Morgan fingerprint density at radius 1 is 1.09 bits per heavy atom. The molecule has 33 heavy (non-hydrogen) atoms. The van der Waals surface area contributed by atoms with E-state index in [1.165, 1.54) is 48.9 Å². The molecule has 2 N–H and O–H groups in total. The zero-order valence-corrected chi connectivity index (χ0v) is 18.4. The summed E-state index contributed by atoms with van der Waals surface area (Å²) in [6, 6.07) is 11.9. The first-order chi connectivity index (χ1) is 15.8. The van der Waals surface area contributed by atoms with Crippen molar-refractivity contribution in [2.75, 3.05) is 35.8 Å². The van der Waals surface area contributed by atoms with Gasteiger partial charge < -0.3 is 14.9 Å². The number of halogens is 1. The monoisotopic (exact) mass is 473 g/mol. The number of aromatic nitrogens is 2. The van der Waals surface area contributed by atoms with Crippen molar-refractivity contribution < 1.29 is 24.1 Å². The van der Waals surface area contributed by atoms with E-state index in [-0.39, 0.29) is 24.5 Å². The van der Waals surface area contributed by atoms with Gasteiger partial charge in [0.2, 0.25) is 5.91 Å². The van der Waals surface area contributed by atoms with E-state index < -0.39 is 21.6 Å². The molecule has 0 atom stereocenters. The Kier molecular flexibility index (Phi) is 6.40. The smallest absolute Gasteiger partial charge is 0.263 e. The van der Waals surface area contributed by atoms with Crippen LogP contribution in [0.4, 0.5) is 15.9 Å². The molecule has 1 amide bonds. The Labute approximate surface area is 192 Å². The van der Waals surface area contributed by atoms with Gasteiger partial charge in [-0.2, -0.15) is 0 Å². The standard InChI is InChI=1S/C22H22FN5O4S.H2/c23-19-13-16(1-6-20(19)29)14-22(30)28-11-9-27(10-12-28)17-2-4-18(5-3-17)33(31,32)26-21-7-8-24-15-25-21;/h1-8,13,15,29H,9-12,14H2,(H,24,25,26);1H. The van der Waals surface area contributed by atoms with Crippen LogP contribution in [0.3, 0.4) is 0 Å². The molecule has 0 saturated carbocycles. The molecule has 3 aromatic rings. The van der Waals surface area contributed by atoms with E-state index in [2.05, 4.69) is 19.6 Å². The number of phenols is 1. The van der Waals surface area contributed by atoms with Gasteiger partial charge in [-0.25, -0.2) is 22.8 Å². The SMILES string of the molecule is O=C(Cc1ccc(O)c(F)c1)N1CCN(c2ccc(S(=O)(=O)Nc3ccncn3)cc2)CC1.[HH]. The van der Waals surface area contributed by atoms with Crippen LogP contribution in [-0.4, -0.2) is 60.5 Å². The zero-order chi connectivity index (χ0) is 23.4. The summed E-state index contributed by atoms with van der Waals surface area (Å²) in [5.74, 6) is -1.12. The molecule has 0 radical (unpaired) electrons. The summed E-state index contributed by atoms with van der Waals surface area (Å²) < 4.78 is 41.0. The number of carbonyl (C=O) groups excluding carboxylic acids is 1. The van der Waals surface area contributed by atoms with Crippen molar-refractivity contribution in [3.05, 3.63) is 72.4 Å². The highest BCUT2D eigenvalue weighted by atomic mass is 32.2. The van der Waals surface area contributed by atoms with E-state index in [0.29, 0.717) is 31.7 Å². The number of hydrogen-bond donors (Lipinski definition) is 2. The average Bonchev–Trinajstić information content (AvgIpc) is 2.82. The van der Waals surface area contributed by atoms with Gasteiger partial charge in [-0.1, -0.05) is 6.07 Å².